The summed E-state index contributed by atoms with van der Waals surface area (Å²) in [4.78, 5) is 4.11. The van der Waals surface area contributed by atoms with Crippen LogP contribution < -0.4 is 10.1 Å². The Kier molecular flexibility index (Phi) is 5.68. The van der Waals surface area contributed by atoms with E-state index >= 15 is 0 Å². The fourth-order valence-corrected chi connectivity index (χ4v) is 1.81. The Labute approximate surface area is 123 Å². The van der Waals surface area contributed by atoms with Gasteiger partial charge in [0.05, 0.1) is 0 Å². The Morgan fingerprint density at radius 1 is 1.33 bits per heavy atom. The molecule has 0 saturated carbocycles. The van der Waals surface area contributed by atoms with E-state index in [1.165, 1.54) is 6.07 Å². The predicted molar refractivity (Wildman–Crippen MR) is 76.4 cm³/mol. The Bertz CT molecular complexity index is 572. The van der Waals surface area contributed by atoms with Crippen LogP contribution in [0.15, 0.2) is 22.7 Å². The molecule has 0 aliphatic carbocycles. The van der Waals surface area contributed by atoms with Gasteiger partial charge in [0.2, 0.25) is 0 Å². The second kappa shape index (κ2) is 7.73. The first-order valence-electron chi connectivity index (χ1n) is 7.16. The molecule has 1 N–H and O–H groups in total. The van der Waals surface area contributed by atoms with Gasteiger partial charge in [0, 0.05) is 13.0 Å². The van der Waals surface area contributed by atoms with E-state index in [2.05, 4.69) is 22.4 Å². The lowest BCUT2D eigenvalue weighted by molar-refractivity contribution is 0.234. The number of hydrogen-bond acceptors (Lipinski definition) is 5. The second-order valence-corrected chi connectivity index (χ2v) is 4.69. The summed E-state index contributed by atoms with van der Waals surface area (Å²) in [6.45, 7) is 5.65. The number of benzene rings is 1. The van der Waals surface area contributed by atoms with E-state index in [0.717, 1.165) is 18.5 Å². The lowest BCUT2D eigenvalue weighted by Crippen LogP contribution is -2.13. The van der Waals surface area contributed by atoms with Gasteiger partial charge in [-0.25, -0.2) is 4.39 Å². The highest BCUT2D eigenvalue weighted by molar-refractivity contribution is 5.29. The number of nitrogens with one attached hydrogen (secondary N) is 1. The van der Waals surface area contributed by atoms with Gasteiger partial charge in [-0.1, -0.05) is 25.1 Å². The Morgan fingerprint density at radius 3 is 2.86 bits per heavy atom. The van der Waals surface area contributed by atoms with Gasteiger partial charge in [-0.15, -0.1) is 0 Å². The van der Waals surface area contributed by atoms with Gasteiger partial charge in [0.15, 0.2) is 24.0 Å². The average molecular weight is 293 g/mol. The first-order valence-corrected chi connectivity index (χ1v) is 7.16. The van der Waals surface area contributed by atoms with Crippen LogP contribution in [0.1, 0.15) is 37.5 Å². The van der Waals surface area contributed by atoms with Crippen LogP contribution in [0, 0.1) is 5.82 Å². The van der Waals surface area contributed by atoms with Crippen LogP contribution in [0.25, 0.3) is 0 Å². The fourth-order valence-electron chi connectivity index (χ4n) is 1.81. The first-order chi connectivity index (χ1) is 10.2. The lowest BCUT2D eigenvalue weighted by Gasteiger charge is -2.07. The SMILES string of the molecule is CCCNCc1ccc(OCc2nc(CC)no2)c(F)c1. The maximum atomic E-state index is 13.9. The summed E-state index contributed by atoms with van der Waals surface area (Å²) in [5, 5.41) is 6.98. The first kappa shape index (κ1) is 15.4. The molecule has 1 aromatic carbocycles. The molecule has 5 nitrogen and oxygen atoms in total. The number of ether oxygens (including phenoxy) is 1. The van der Waals surface area contributed by atoms with Crippen LogP contribution in [0.5, 0.6) is 5.75 Å². The summed E-state index contributed by atoms with van der Waals surface area (Å²) >= 11 is 0. The van der Waals surface area contributed by atoms with Gasteiger partial charge >= 0.3 is 0 Å². The van der Waals surface area contributed by atoms with Crippen molar-refractivity contribution in [3.8, 4) is 5.75 Å². The molecule has 0 atom stereocenters. The smallest absolute Gasteiger partial charge is 0.264 e. The molecular weight excluding hydrogens is 273 g/mol. The summed E-state index contributed by atoms with van der Waals surface area (Å²) in [6.07, 6.45) is 1.74. The van der Waals surface area contributed by atoms with Crippen LogP contribution >= 0.6 is 0 Å². The predicted octanol–water partition coefficient (Wildman–Crippen LogP) is 2.85. The molecule has 2 aromatic rings. The van der Waals surface area contributed by atoms with Crippen molar-refractivity contribution in [2.24, 2.45) is 0 Å². The highest BCUT2D eigenvalue weighted by Gasteiger charge is 2.09. The third-order valence-corrected chi connectivity index (χ3v) is 2.93. The maximum absolute atomic E-state index is 13.9. The van der Waals surface area contributed by atoms with Gasteiger partial charge in [-0.3, -0.25) is 0 Å². The summed E-state index contributed by atoms with van der Waals surface area (Å²) in [5.41, 5.74) is 0.888. The summed E-state index contributed by atoms with van der Waals surface area (Å²) in [6, 6.07) is 4.94. The number of rotatable bonds is 8. The molecule has 1 heterocycles. The van der Waals surface area contributed by atoms with E-state index < -0.39 is 0 Å². The summed E-state index contributed by atoms with van der Waals surface area (Å²) in [7, 11) is 0. The Hall–Kier alpha value is -1.95. The fraction of sp³-hybridized carbons (Fsp3) is 0.467. The molecule has 2 rings (SSSR count). The number of nitrogens with zero attached hydrogens (tertiary/aromatic N) is 2. The number of hydrogen-bond donors (Lipinski definition) is 1. The molecule has 21 heavy (non-hydrogen) atoms. The second-order valence-electron chi connectivity index (χ2n) is 4.69. The molecule has 114 valence electrons. The normalized spacial score (nSPS) is 10.8. The minimum Gasteiger partial charge on any atom is -0.481 e. The van der Waals surface area contributed by atoms with Crippen molar-refractivity contribution in [3.05, 3.63) is 41.3 Å². The molecule has 0 unspecified atom stereocenters. The molecule has 0 aliphatic rings. The van der Waals surface area contributed by atoms with Gasteiger partial charge < -0.3 is 14.6 Å². The third-order valence-electron chi connectivity index (χ3n) is 2.93. The molecule has 0 spiro atoms. The zero-order valence-corrected chi connectivity index (χ0v) is 12.4. The quantitative estimate of drug-likeness (QED) is 0.758. The average Bonchev–Trinajstić information content (AvgIpc) is 2.95. The largest absolute Gasteiger partial charge is 0.481 e. The van der Waals surface area contributed by atoms with Crippen molar-refractivity contribution in [3.63, 3.8) is 0 Å². The maximum Gasteiger partial charge on any atom is 0.264 e. The van der Waals surface area contributed by atoms with Gasteiger partial charge in [0.1, 0.15) is 0 Å². The van der Waals surface area contributed by atoms with Crippen LogP contribution in [0.2, 0.25) is 0 Å². The Balaban J connectivity index is 1.91. The molecule has 0 bridgehead atoms. The van der Waals surface area contributed by atoms with E-state index in [1.54, 1.807) is 6.07 Å². The molecular formula is C15H20FN3O2. The van der Waals surface area contributed by atoms with Crippen molar-refractivity contribution in [1.29, 1.82) is 0 Å². The van der Waals surface area contributed by atoms with Crippen molar-refractivity contribution < 1.29 is 13.7 Å². The minimum atomic E-state index is -0.388. The van der Waals surface area contributed by atoms with Crippen LogP contribution in [0.4, 0.5) is 4.39 Å². The number of aromatic nitrogens is 2. The van der Waals surface area contributed by atoms with Gasteiger partial charge in [0.25, 0.3) is 5.89 Å². The van der Waals surface area contributed by atoms with E-state index in [9.17, 15) is 4.39 Å². The molecule has 1 aromatic heterocycles. The minimum absolute atomic E-state index is 0.0668. The van der Waals surface area contributed by atoms with Crippen molar-refractivity contribution >= 4 is 0 Å². The summed E-state index contributed by atoms with van der Waals surface area (Å²) in [5.74, 6) is 0.762. The third kappa shape index (κ3) is 4.53. The van der Waals surface area contributed by atoms with Crippen LogP contribution in [-0.4, -0.2) is 16.7 Å². The topological polar surface area (TPSA) is 60.2 Å². The Morgan fingerprint density at radius 2 is 2.19 bits per heavy atom. The molecule has 0 aliphatic heterocycles. The van der Waals surface area contributed by atoms with Crippen LogP contribution in [-0.2, 0) is 19.6 Å². The van der Waals surface area contributed by atoms with E-state index in [0.29, 0.717) is 24.7 Å². The zero-order chi connectivity index (χ0) is 15.1. The molecule has 0 fully saturated rings. The van der Waals surface area contributed by atoms with Crippen molar-refractivity contribution in [2.45, 2.75) is 39.8 Å². The van der Waals surface area contributed by atoms with Crippen molar-refractivity contribution in [2.75, 3.05) is 6.54 Å². The molecule has 0 amide bonds. The number of aryl methyl sites for hydroxylation is 1. The van der Waals surface area contributed by atoms with E-state index in [1.807, 2.05) is 13.0 Å². The molecule has 0 saturated heterocycles. The standard InChI is InChI=1S/C15H20FN3O2/c1-3-7-17-9-11-5-6-13(12(16)8-11)20-10-15-18-14(4-2)19-21-15/h5-6,8,17H,3-4,7,9-10H2,1-2H3. The number of halogens is 1. The summed E-state index contributed by atoms with van der Waals surface area (Å²) < 4.78 is 24.3. The van der Waals surface area contributed by atoms with Crippen LogP contribution in [0.3, 0.4) is 0 Å². The highest BCUT2D eigenvalue weighted by atomic mass is 19.1. The van der Waals surface area contributed by atoms with E-state index in [4.69, 9.17) is 9.26 Å². The zero-order valence-electron chi connectivity index (χ0n) is 12.4. The van der Waals surface area contributed by atoms with Crippen molar-refractivity contribution in [1.82, 2.24) is 15.5 Å². The van der Waals surface area contributed by atoms with Gasteiger partial charge in [-0.2, -0.15) is 4.98 Å². The monoisotopic (exact) mass is 293 g/mol. The lowest BCUT2D eigenvalue weighted by atomic mass is 10.2. The van der Waals surface area contributed by atoms with E-state index in [-0.39, 0.29) is 18.2 Å². The van der Waals surface area contributed by atoms with Gasteiger partial charge in [-0.05, 0) is 30.7 Å². The highest BCUT2D eigenvalue weighted by Crippen LogP contribution is 2.19. The molecule has 0 radical (unpaired) electrons. The molecule has 6 heteroatoms.